The molecule has 3 aromatic rings. The summed E-state index contributed by atoms with van der Waals surface area (Å²) in [7, 11) is 0. The van der Waals surface area contributed by atoms with Crippen LogP contribution in [0, 0.1) is 13.8 Å². The number of hydrogen-bond donors (Lipinski definition) is 2. The first kappa shape index (κ1) is 18.3. The van der Waals surface area contributed by atoms with Gasteiger partial charge in [0.05, 0.1) is 6.04 Å². The number of aromatic nitrogens is 2. The maximum atomic E-state index is 13.0. The number of carbonyl (C=O) groups excluding carboxylic acids is 1. The van der Waals surface area contributed by atoms with Crippen LogP contribution in [0.25, 0.3) is 11.3 Å². The highest BCUT2D eigenvalue weighted by atomic mass is 35.5. The monoisotopic (exact) mass is 393 g/mol. The second kappa shape index (κ2) is 6.84. The summed E-state index contributed by atoms with van der Waals surface area (Å²) in [6.07, 6.45) is 1.70. The Kier molecular flexibility index (Phi) is 4.47. The van der Waals surface area contributed by atoms with Crippen molar-refractivity contribution in [1.29, 1.82) is 0 Å². The number of nitrogens with one attached hydrogen (secondary N) is 1. The van der Waals surface area contributed by atoms with Crippen LogP contribution in [0.2, 0.25) is 5.02 Å². The van der Waals surface area contributed by atoms with E-state index >= 15 is 0 Å². The highest BCUT2D eigenvalue weighted by Gasteiger charge is 2.42. The number of aromatic amines is 1. The number of carbonyl (C=O) groups is 1. The largest absolute Gasteiger partial charge is 0.507 e. The Morgan fingerprint density at radius 3 is 2.82 bits per heavy atom. The minimum Gasteiger partial charge on any atom is -0.507 e. The molecule has 0 spiro atoms. The third-order valence-electron chi connectivity index (χ3n) is 5.05. The molecule has 1 atom stereocenters. The Morgan fingerprint density at radius 2 is 2.11 bits per heavy atom. The predicted octanol–water partition coefficient (Wildman–Crippen LogP) is 4.78. The third kappa shape index (κ3) is 2.79. The number of nitrogens with zero attached hydrogens (tertiary/aromatic N) is 2. The van der Waals surface area contributed by atoms with E-state index < -0.39 is 0 Å². The number of amides is 1. The van der Waals surface area contributed by atoms with E-state index in [1.165, 1.54) is 0 Å². The fourth-order valence-electron chi connectivity index (χ4n) is 3.89. The van der Waals surface area contributed by atoms with Crippen molar-refractivity contribution in [2.45, 2.75) is 19.9 Å². The van der Waals surface area contributed by atoms with Crippen molar-refractivity contribution in [3.8, 4) is 17.0 Å². The molecular formula is C22H20ClN3O2. The fourth-order valence-corrected chi connectivity index (χ4v) is 4.09. The number of fused-ring (bicyclic) bond motifs is 1. The van der Waals surface area contributed by atoms with Gasteiger partial charge in [-0.25, -0.2) is 0 Å². The summed E-state index contributed by atoms with van der Waals surface area (Å²) >= 11 is 6.22. The number of rotatable bonds is 4. The summed E-state index contributed by atoms with van der Waals surface area (Å²) in [5.74, 6) is 0.0156. The Labute approximate surface area is 168 Å². The molecule has 0 fully saturated rings. The van der Waals surface area contributed by atoms with Gasteiger partial charge in [0.25, 0.3) is 5.91 Å². The van der Waals surface area contributed by atoms with Crippen LogP contribution in [0.3, 0.4) is 0 Å². The van der Waals surface area contributed by atoms with Crippen molar-refractivity contribution in [2.24, 2.45) is 0 Å². The van der Waals surface area contributed by atoms with Gasteiger partial charge in [-0.1, -0.05) is 35.9 Å². The average Bonchev–Trinajstić information content (AvgIpc) is 3.18. The van der Waals surface area contributed by atoms with Crippen LogP contribution in [0.5, 0.6) is 5.75 Å². The lowest BCUT2D eigenvalue weighted by atomic mass is 9.94. The number of aryl methyl sites for hydroxylation is 2. The summed E-state index contributed by atoms with van der Waals surface area (Å²) in [6.45, 7) is 7.98. The SMILES string of the molecule is C=CCN1C(=O)c2[nH]nc(-c3cc(C)cc(C)c3O)c2C1c1cccc(Cl)c1. The third-order valence-corrected chi connectivity index (χ3v) is 5.29. The number of phenols is 1. The van der Waals surface area contributed by atoms with E-state index in [9.17, 15) is 9.90 Å². The van der Waals surface area contributed by atoms with E-state index in [4.69, 9.17) is 11.6 Å². The number of phenolic OH excluding ortho intramolecular Hbond substituents is 1. The van der Waals surface area contributed by atoms with Crippen molar-refractivity contribution >= 4 is 17.5 Å². The van der Waals surface area contributed by atoms with E-state index in [0.29, 0.717) is 28.5 Å². The molecule has 1 aliphatic rings. The first-order valence-corrected chi connectivity index (χ1v) is 9.36. The van der Waals surface area contributed by atoms with Crippen molar-refractivity contribution in [3.05, 3.63) is 82.0 Å². The van der Waals surface area contributed by atoms with Gasteiger partial charge in [0.2, 0.25) is 0 Å². The summed E-state index contributed by atoms with van der Waals surface area (Å²) in [5.41, 5.74) is 5.01. The molecule has 4 rings (SSSR count). The molecule has 0 saturated carbocycles. The summed E-state index contributed by atoms with van der Waals surface area (Å²) < 4.78 is 0. The van der Waals surface area contributed by atoms with Crippen LogP contribution >= 0.6 is 11.6 Å². The molecule has 2 aromatic carbocycles. The zero-order valence-electron chi connectivity index (χ0n) is 15.7. The maximum Gasteiger partial charge on any atom is 0.273 e. The minimum atomic E-state index is -0.367. The van der Waals surface area contributed by atoms with Gasteiger partial charge >= 0.3 is 0 Å². The fraction of sp³-hybridized carbons (Fsp3) is 0.182. The highest BCUT2D eigenvalue weighted by molar-refractivity contribution is 6.30. The first-order valence-electron chi connectivity index (χ1n) is 8.98. The standard InChI is InChI=1S/C22H20ClN3O2/c1-4-8-26-20(14-6-5-7-15(23)11-14)17-18(24-25-19(17)22(26)28)16-10-12(2)9-13(3)21(16)27/h4-7,9-11,20,27H,1,8H2,2-3H3,(H,24,25). The van der Waals surface area contributed by atoms with Gasteiger partial charge in [0.15, 0.2) is 0 Å². The molecule has 0 aliphatic carbocycles. The molecule has 142 valence electrons. The molecule has 0 radical (unpaired) electrons. The molecule has 0 bridgehead atoms. The van der Waals surface area contributed by atoms with Crippen LogP contribution < -0.4 is 0 Å². The zero-order chi connectivity index (χ0) is 20.0. The molecule has 5 nitrogen and oxygen atoms in total. The van der Waals surface area contributed by atoms with E-state index in [1.807, 2.05) is 44.2 Å². The van der Waals surface area contributed by atoms with Gasteiger partial charge in [-0.3, -0.25) is 9.89 Å². The van der Waals surface area contributed by atoms with Crippen LogP contribution in [-0.4, -0.2) is 32.7 Å². The first-order chi connectivity index (χ1) is 13.4. The summed E-state index contributed by atoms with van der Waals surface area (Å²) in [6, 6.07) is 10.9. The Hall–Kier alpha value is -3.05. The van der Waals surface area contributed by atoms with E-state index in [1.54, 1.807) is 17.0 Å². The van der Waals surface area contributed by atoms with Crippen LogP contribution in [0.15, 0.2) is 49.1 Å². The highest BCUT2D eigenvalue weighted by Crippen LogP contribution is 2.45. The molecule has 1 aromatic heterocycles. The van der Waals surface area contributed by atoms with Crippen molar-refractivity contribution in [1.82, 2.24) is 15.1 Å². The van der Waals surface area contributed by atoms with E-state index in [0.717, 1.165) is 22.3 Å². The van der Waals surface area contributed by atoms with Gasteiger partial charge < -0.3 is 10.0 Å². The molecule has 0 saturated heterocycles. The summed E-state index contributed by atoms with van der Waals surface area (Å²) in [5, 5.41) is 18.6. The lowest BCUT2D eigenvalue weighted by molar-refractivity contribution is 0.0764. The van der Waals surface area contributed by atoms with E-state index in [-0.39, 0.29) is 17.7 Å². The van der Waals surface area contributed by atoms with Crippen LogP contribution in [0.1, 0.15) is 38.8 Å². The molecule has 1 aliphatic heterocycles. The van der Waals surface area contributed by atoms with Crippen molar-refractivity contribution < 1.29 is 9.90 Å². The van der Waals surface area contributed by atoms with Crippen LogP contribution in [-0.2, 0) is 0 Å². The van der Waals surface area contributed by atoms with Crippen molar-refractivity contribution in [2.75, 3.05) is 6.54 Å². The number of halogens is 1. The molecule has 1 unspecified atom stereocenters. The Bertz CT molecular complexity index is 1100. The second-order valence-electron chi connectivity index (χ2n) is 7.04. The molecule has 6 heteroatoms. The summed E-state index contributed by atoms with van der Waals surface area (Å²) in [4.78, 5) is 14.8. The predicted molar refractivity (Wildman–Crippen MR) is 110 cm³/mol. The van der Waals surface area contributed by atoms with Crippen molar-refractivity contribution in [3.63, 3.8) is 0 Å². The number of aromatic hydroxyl groups is 1. The smallest absolute Gasteiger partial charge is 0.273 e. The average molecular weight is 394 g/mol. The van der Waals surface area contributed by atoms with Gasteiger partial charge in [-0.15, -0.1) is 6.58 Å². The number of benzene rings is 2. The second-order valence-corrected chi connectivity index (χ2v) is 7.48. The molecular weight excluding hydrogens is 374 g/mol. The normalized spacial score (nSPS) is 15.8. The molecule has 2 N–H and O–H groups in total. The van der Waals surface area contributed by atoms with Crippen LogP contribution in [0.4, 0.5) is 0 Å². The molecule has 28 heavy (non-hydrogen) atoms. The van der Waals surface area contributed by atoms with Gasteiger partial charge in [0.1, 0.15) is 17.1 Å². The maximum absolute atomic E-state index is 13.0. The van der Waals surface area contributed by atoms with Gasteiger partial charge in [-0.2, -0.15) is 5.10 Å². The van der Waals surface area contributed by atoms with Gasteiger partial charge in [0, 0.05) is 22.7 Å². The van der Waals surface area contributed by atoms with E-state index in [2.05, 4.69) is 16.8 Å². The Balaban J connectivity index is 1.97. The van der Waals surface area contributed by atoms with Gasteiger partial charge in [-0.05, 0) is 48.7 Å². The number of hydrogen-bond acceptors (Lipinski definition) is 3. The molecule has 2 heterocycles. The quantitative estimate of drug-likeness (QED) is 0.626. The lowest BCUT2D eigenvalue weighted by Crippen LogP contribution is -2.29. The number of H-pyrrole nitrogens is 1. The zero-order valence-corrected chi connectivity index (χ0v) is 16.4. The topological polar surface area (TPSA) is 69.2 Å². The Morgan fingerprint density at radius 1 is 1.32 bits per heavy atom. The lowest BCUT2D eigenvalue weighted by Gasteiger charge is -2.25. The molecule has 1 amide bonds. The minimum absolute atomic E-state index is 0.150.